The molecule has 0 atom stereocenters. The molecule has 0 amide bonds. The highest BCUT2D eigenvalue weighted by atomic mass is 35.5. The number of benzene rings is 1. The Hall–Kier alpha value is -1.40. The molecule has 1 fully saturated rings. The van der Waals surface area contributed by atoms with Crippen LogP contribution in [0.3, 0.4) is 0 Å². The van der Waals surface area contributed by atoms with Gasteiger partial charge in [-0.3, -0.25) is 4.98 Å². The van der Waals surface area contributed by atoms with E-state index in [-0.39, 0.29) is 24.4 Å². The molecule has 0 spiro atoms. The van der Waals surface area contributed by atoms with Crippen LogP contribution < -0.4 is 4.90 Å². The van der Waals surface area contributed by atoms with Crippen molar-refractivity contribution in [2.75, 3.05) is 23.7 Å². The van der Waals surface area contributed by atoms with Crippen LogP contribution >= 0.6 is 11.6 Å². The first-order chi connectivity index (χ1) is 10.2. The van der Waals surface area contributed by atoms with Crippen molar-refractivity contribution in [3.05, 3.63) is 35.2 Å². The number of fused-ring (bicyclic) bond motifs is 1. The van der Waals surface area contributed by atoms with Gasteiger partial charge in [0.05, 0.1) is 21.2 Å². The third-order valence-corrected chi connectivity index (χ3v) is 7.02. The molecule has 1 aliphatic heterocycles. The Morgan fingerprint density at radius 3 is 2.73 bits per heavy atom. The van der Waals surface area contributed by atoms with Gasteiger partial charge in [0.25, 0.3) is 0 Å². The fourth-order valence-electron chi connectivity index (χ4n) is 2.73. The molecule has 22 heavy (non-hydrogen) atoms. The summed E-state index contributed by atoms with van der Waals surface area (Å²) in [7, 11) is -3.16. The quantitative estimate of drug-likeness (QED) is 0.799. The van der Waals surface area contributed by atoms with Crippen molar-refractivity contribution in [2.24, 2.45) is 0 Å². The molecule has 2 heterocycles. The van der Waals surface area contributed by atoms with E-state index in [4.69, 9.17) is 11.6 Å². The van der Waals surface area contributed by atoms with Crippen molar-refractivity contribution < 1.29 is 12.8 Å². The van der Waals surface area contributed by atoms with E-state index in [2.05, 4.69) is 4.98 Å². The second-order valence-corrected chi connectivity index (χ2v) is 9.24. The summed E-state index contributed by atoms with van der Waals surface area (Å²) < 4.78 is 38.0. The molecule has 0 saturated carbocycles. The minimum Gasteiger partial charge on any atom is -0.367 e. The van der Waals surface area contributed by atoms with E-state index in [0.717, 1.165) is 0 Å². The monoisotopic (exact) mass is 342 g/mol. The average molecular weight is 343 g/mol. The number of sulfone groups is 1. The first-order valence-corrected chi connectivity index (χ1v) is 8.96. The molecule has 7 heteroatoms. The summed E-state index contributed by atoms with van der Waals surface area (Å²) in [5, 5.41) is 0.992. The number of aromatic nitrogens is 1. The highest BCUT2D eigenvalue weighted by Crippen LogP contribution is 2.33. The number of hydrogen-bond donors (Lipinski definition) is 0. The molecule has 0 unspecified atom stereocenters. The summed E-state index contributed by atoms with van der Waals surface area (Å²) in [5.74, 6) is -0.449. The fourth-order valence-corrected chi connectivity index (χ4v) is 4.31. The summed E-state index contributed by atoms with van der Waals surface area (Å²) in [6.45, 7) is 3.86. The van der Waals surface area contributed by atoms with Crippen molar-refractivity contribution in [1.29, 1.82) is 0 Å². The SMILES string of the molecule is CC1(C)CN(c2ccc3c(Cl)ccnc3c2F)CCS1(=O)=O. The van der Waals surface area contributed by atoms with Crippen molar-refractivity contribution in [3.8, 4) is 0 Å². The van der Waals surface area contributed by atoms with Gasteiger partial charge in [-0.2, -0.15) is 0 Å². The lowest BCUT2D eigenvalue weighted by Gasteiger charge is -2.39. The highest BCUT2D eigenvalue weighted by molar-refractivity contribution is 7.92. The molecular formula is C15H16ClFN2O2S. The first-order valence-electron chi connectivity index (χ1n) is 6.93. The van der Waals surface area contributed by atoms with Crippen LogP contribution in [-0.4, -0.2) is 37.0 Å². The number of rotatable bonds is 1. The van der Waals surface area contributed by atoms with Gasteiger partial charge in [-0.05, 0) is 32.0 Å². The fraction of sp³-hybridized carbons (Fsp3) is 0.400. The molecule has 2 aromatic rings. The zero-order valence-electron chi connectivity index (χ0n) is 12.3. The summed E-state index contributed by atoms with van der Waals surface area (Å²) in [5.41, 5.74) is 0.571. The normalized spacial score (nSPS) is 20.3. The number of anilines is 1. The second-order valence-electron chi connectivity index (χ2n) is 6.09. The van der Waals surface area contributed by atoms with Crippen LogP contribution in [0.5, 0.6) is 0 Å². The highest BCUT2D eigenvalue weighted by Gasteiger charge is 2.40. The van der Waals surface area contributed by atoms with Crippen LogP contribution in [0.15, 0.2) is 24.4 Å². The molecule has 0 bridgehead atoms. The first kappa shape index (κ1) is 15.5. The van der Waals surface area contributed by atoms with Crippen molar-refractivity contribution >= 4 is 38.0 Å². The number of nitrogens with zero attached hydrogens (tertiary/aromatic N) is 2. The lowest BCUT2D eigenvalue weighted by Crippen LogP contribution is -2.53. The molecule has 118 valence electrons. The Balaban J connectivity index is 2.07. The van der Waals surface area contributed by atoms with Crippen molar-refractivity contribution in [2.45, 2.75) is 18.6 Å². The molecule has 4 nitrogen and oxygen atoms in total. The van der Waals surface area contributed by atoms with Crippen molar-refractivity contribution in [1.82, 2.24) is 4.98 Å². The summed E-state index contributed by atoms with van der Waals surface area (Å²) in [6.07, 6.45) is 1.46. The molecule has 1 aromatic heterocycles. The maximum Gasteiger partial charge on any atom is 0.172 e. The Labute approximate surface area is 133 Å². The van der Waals surface area contributed by atoms with Gasteiger partial charge in [0.2, 0.25) is 0 Å². The Morgan fingerprint density at radius 2 is 2.05 bits per heavy atom. The van der Waals surface area contributed by atoms with Crippen LogP contribution in [0.2, 0.25) is 5.02 Å². The summed E-state index contributed by atoms with van der Waals surface area (Å²) in [4.78, 5) is 5.82. The van der Waals surface area contributed by atoms with Crippen LogP contribution in [0, 0.1) is 5.82 Å². The predicted octanol–water partition coefficient (Wildman–Crippen LogP) is 3.04. The molecule has 0 radical (unpaired) electrons. The zero-order chi connectivity index (χ0) is 16.1. The van der Waals surface area contributed by atoms with E-state index >= 15 is 0 Å². The Bertz CT molecular complexity index is 852. The van der Waals surface area contributed by atoms with Crippen molar-refractivity contribution in [3.63, 3.8) is 0 Å². The zero-order valence-corrected chi connectivity index (χ0v) is 13.9. The van der Waals surface area contributed by atoms with Gasteiger partial charge in [-0.1, -0.05) is 11.6 Å². The minimum atomic E-state index is -3.16. The topological polar surface area (TPSA) is 50.3 Å². The van der Waals surface area contributed by atoms with Gasteiger partial charge in [-0.25, -0.2) is 12.8 Å². The third kappa shape index (κ3) is 2.34. The standard InChI is InChI=1S/C15H16ClFN2O2S/c1-15(2)9-19(7-8-22(15,20)21)12-4-3-10-11(16)5-6-18-14(10)13(12)17/h3-6H,7-9H2,1-2H3. The minimum absolute atomic E-state index is 0.0143. The molecule has 1 saturated heterocycles. The van der Waals surface area contributed by atoms with Crippen LogP contribution in [0.25, 0.3) is 10.9 Å². The van der Waals surface area contributed by atoms with E-state index in [1.54, 1.807) is 36.9 Å². The van der Waals surface area contributed by atoms with Crippen LogP contribution in [0.4, 0.5) is 10.1 Å². The van der Waals surface area contributed by atoms with Gasteiger partial charge >= 0.3 is 0 Å². The number of halogens is 2. The number of hydrogen-bond acceptors (Lipinski definition) is 4. The largest absolute Gasteiger partial charge is 0.367 e. The van der Waals surface area contributed by atoms with Gasteiger partial charge in [0.15, 0.2) is 15.7 Å². The van der Waals surface area contributed by atoms with Crippen LogP contribution in [0.1, 0.15) is 13.8 Å². The molecule has 3 rings (SSSR count). The van der Waals surface area contributed by atoms with Gasteiger partial charge < -0.3 is 4.90 Å². The van der Waals surface area contributed by atoms with Gasteiger partial charge in [-0.15, -0.1) is 0 Å². The lowest BCUT2D eigenvalue weighted by molar-refractivity contribution is 0.518. The van der Waals surface area contributed by atoms with Crippen LogP contribution in [-0.2, 0) is 9.84 Å². The lowest BCUT2D eigenvalue weighted by atomic mass is 10.1. The third-order valence-electron chi connectivity index (χ3n) is 4.16. The summed E-state index contributed by atoms with van der Waals surface area (Å²) in [6, 6.07) is 4.97. The maximum absolute atomic E-state index is 14.8. The van der Waals surface area contributed by atoms with Gasteiger partial charge in [0.1, 0.15) is 5.52 Å². The molecule has 1 aliphatic rings. The van der Waals surface area contributed by atoms with E-state index in [9.17, 15) is 12.8 Å². The second kappa shape index (κ2) is 5.06. The van der Waals surface area contributed by atoms with E-state index in [1.165, 1.54) is 6.20 Å². The predicted molar refractivity (Wildman–Crippen MR) is 86.8 cm³/mol. The summed E-state index contributed by atoms with van der Waals surface area (Å²) >= 11 is 6.05. The smallest absolute Gasteiger partial charge is 0.172 e. The maximum atomic E-state index is 14.8. The molecular weight excluding hydrogens is 327 g/mol. The Morgan fingerprint density at radius 1 is 1.32 bits per heavy atom. The van der Waals surface area contributed by atoms with E-state index in [0.29, 0.717) is 16.1 Å². The molecule has 0 aliphatic carbocycles. The Kier molecular flexibility index (Phi) is 3.57. The average Bonchev–Trinajstić information content (AvgIpc) is 2.44. The molecule has 0 N–H and O–H groups in total. The molecule has 1 aromatic carbocycles. The number of pyridine rings is 1. The van der Waals surface area contributed by atoms with E-state index in [1.807, 2.05) is 0 Å². The van der Waals surface area contributed by atoms with Gasteiger partial charge in [0, 0.05) is 24.7 Å². The van der Waals surface area contributed by atoms with E-state index < -0.39 is 20.4 Å².